The van der Waals surface area contributed by atoms with Crippen LogP contribution in [0.15, 0.2) is 44.9 Å². The van der Waals surface area contributed by atoms with E-state index in [1.54, 1.807) is 18.2 Å². The van der Waals surface area contributed by atoms with Crippen molar-refractivity contribution in [2.45, 2.75) is 13.5 Å². The van der Waals surface area contributed by atoms with E-state index in [0.29, 0.717) is 17.9 Å². The number of imide groups is 1. The van der Waals surface area contributed by atoms with E-state index in [4.69, 9.17) is 9.15 Å². The Hall–Kier alpha value is -3.07. The Morgan fingerprint density at radius 1 is 1.29 bits per heavy atom. The summed E-state index contributed by atoms with van der Waals surface area (Å²) in [6.07, 6.45) is 1.55. The quantitative estimate of drug-likeness (QED) is 0.413. The standard InChI is InChI=1S/C19H17BrN2O6/c1-3-27-15-6-4-12(20)8-11(15)9-14-17(23)22(19(25)21-14)10-13-5-7-16(28-13)18(24)26-2/h4-9H,3,10H2,1-2H3,(H,21,25)/b14-9-. The van der Waals surface area contributed by atoms with Crippen molar-refractivity contribution >= 4 is 39.9 Å². The summed E-state index contributed by atoms with van der Waals surface area (Å²) in [7, 11) is 1.23. The molecule has 0 unspecified atom stereocenters. The number of ether oxygens (including phenoxy) is 2. The summed E-state index contributed by atoms with van der Waals surface area (Å²) in [5, 5.41) is 2.55. The fourth-order valence-electron chi connectivity index (χ4n) is 2.62. The van der Waals surface area contributed by atoms with Gasteiger partial charge in [0.15, 0.2) is 0 Å². The predicted molar refractivity (Wildman–Crippen MR) is 102 cm³/mol. The number of urea groups is 1. The van der Waals surface area contributed by atoms with Crippen LogP contribution in [0, 0.1) is 0 Å². The molecule has 146 valence electrons. The van der Waals surface area contributed by atoms with Gasteiger partial charge in [-0.25, -0.2) is 9.59 Å². The van der Waals surface area contributed by atoms with E-state index in [1.807, 2.05) is 13.0 Å². The number of nitrogens with zero attached hydrogens (tertiary/aromatic N) is 1. The van der Waals surface area contributed by atoms with E-state index in [0.717, 1.165) is 9.37 Å². The molecule has 0 bridgehead atoms. The average Bonchev–Trinajstić information content (AvgIpc) is 3.24. The van der Waals surface area contributed by atoms with Gasteiger partial charge in [0, 0.05) is 10.0 Å². The maximum absolute atomic E-state index is 12.7. The molecule has 9 heteroatoms. The highest BCUT2D eigenvalue weighted by Crippen LogP contribution is 2.27. The van der Waals surface area contributed by atoms with E-state index in [-0.39, 0.29) is 23.8 Å². The number of benzene rings is 1. The van der Waals surface area contributed by atoms with Gasteiger partial charge in [0.1, 0.15) is 17.2 Å². The van der Waals surface area contributed by atoms with Crippen molar-refractivity contribution in [1.82, 2.24) is 10.2 Å². The van der Waals surface area contributed by atoms with Gasteiger partial charge in [0.2, 0.25) is 5.76 Å². The highest BCUT2D eigenvalue weighted by atomic mass is 79.9. The lowest BCUT2D eigenvalue weighted by Crippen LogP contribution is -2.30. The molecule has 2 aromatic rings. The SMILES string of the molecule is CCOc1ccc(Br)cc1/C=C1\NC(=O)N(Cc2ccc(C(=O)OC)o2)C1=O. The van der Waals surface area contributed by atoms with Gasteiger partial charge in [0.25, 0.3) is 5.91 Å². The van der Waals surface area contributed by atoms with Crippen molar-refractivity contribution in [2.24, 2.45) is 0 Å². The first-order chi connectivity index (χ1) is 13.4. The van der Waals surface area contributed by atoms with Gasteiger partial charge in [-0.2, -0.15) is 0 Å². The van der Waals surface area contributed by atoms with Gasteiger partial charge < -0.3 is 19.2 Å². The van der Waals surface area contributed by atoms with E-state index in [2.05, 4.69) is 26.0 Å². The Morgan fingerprint density at radius 3 is 2.79 bits per heavy atom. The lowest BCUT2D eigenvalue weighted by atomic mass is 10.1. The van der Waals surface area contributed by atoms with Gasteiger partial charge in [-0.3, -0.25) is 9.69 Å². The maximum atomic E-state index is 12.7. The zero-order chi connectivity index (χ0) is 20.3. The molecule has 1 N–H and O–H groups in total. The maximum Gasteiger partial charge on any atom is 0.373 e. The van der Waals surface area contributed by atoms with Crippen LogP contribution in [0.3, 0.4) is 0 Å². The Bertz CT molecular complexity index is 965. The zero-order valence-corrected chi connectivity index (χ0v) is 16.7. The summed E-state index contributed by atoms with van der Waals surface area (Å²) >= 11 is 3.38. The summed E-state index contributed by atoms with van der Waals surface area (Å²) in [5.74, 6) is -0.281. The molecule has 0 radical (unpaired) electrons. The van der Waals surface area contributed by atoms with Crippen LogP contribution >= 0.6 is 15.9 Å². The van der Waals surface area contributed by atoms with Crippen LogP contribution < -0.4 is 10.1 Å². The second-order valence-corrected chi connectivity index (χ2v) is 6.67. The Morgan fingerprint density at radius 2 is 2.07 bits per heavy atom. The molecule has 1 aliphatic heterocycles. The number of hydrogen-bond donors (Lipinski definition) is 1. The van der Waals surface area contributed by atoms with Crippen LogP contribution in [0.25, 0.3) is 6.08 Å². The molecule has 0 aliphatic carbocycles. The van der Waals surface area contributed by atoms with Crippen molar-refractivity contribution in [3.05, 3.63) is 57.6 Å². The van der Waals surface area contributed by atoms with Crippen molar-refractivity contribution < 1.29 is 28.3 Å². The molecule has 1 aromatic heterocycles. The topological polar surface area (TPSA) is 98.1 Å². The third-order valence-corrected chi connectivity index (χ3v) is 4.39. The summed E-state index contributed by atoms with van der Waals surface area (Å²) in [4.78, 5) is 37.4. The number of carbonyl (C=O) groups is 3. The number of nitrogens with one attached hydrogen (secondary N) is 1. The molecule has 0 saturated carbocycles. The molecule has 0 atom stereocenters. The van der Waals surface area contributed by atoms with E-state index in [9.17, 15) is 14.4 Å². The van der Waals surface area contributed by atoms with Gasteiger partial charge in [0.05, 0.1) is 20.3 Å². The van der Waals surface area contributed by atoms with Crippen molar-refractivity contribution in [3.8, 4) is 5.75 Å². The third-order valence-electron chi connectivity index (χ3n) is 3.90. The fourth-order valence-corrected chi connectivity index (χ4v) is 3.00. The molecule has 8 nitrogen and oxygen atoms in total. The van der Waals surface area contributed by atoms with Crippen molar-refractivity contribution in [2.75, 3.05) is 13.7 Å². The summed E-state index contributed by atoms with van der Waals surface area (Å²) < 4.78 is 16.3. The average molecular weight is 449 g/mol. The minimum atomic E-state index is -0.637. The Labute approximate surface area is 169 Å². The normalized spacial score (nSPS) is 15.1. The highest BCUT2D eigenvalue weighted by molar-refractivity contribution is 9.10. The van der Waals surface area contributed by atoms with Crippen LogP contribution in [-0.4, -0.2) is 36.5 Å². The first-order valence-corrected chi connectivity index (χ1v) is 9.16. The number of hydrogen-bond acceptors (Lipinski definition) is 6. The van der Waals surface area contributed by atoms with Crippen molar-refractivity contribution in [1.29, 1.82) is 0 Å². The van der Waals surface area contributed by atoms with E-state index in [1.165, 1.54) is 19.2 Å². The van der Waals surface area contributed by atoms with Crippen LogP contribution in [0.5, 0.6) is 5.75 Å². The first-order valence-electron chi connectivity index (χ1n) is 8.36. The van der Waals surface area contributed by atoms with Gasteiger partial charge in [-0.05, 0) is 43.3 Å². The molecule has 1 fully saturated rings. The molecular formula is C19H17BrN2O6. The smallest absolute Gasteiger partial charge is 0.373 e. The number of esters is 1. The predicted octanol–water partition coefficient (Wildman–Crippen LogP) is 3.32. The largest absolute Gasteiger partial charge is 0.493 e. The zero-order valence-electron chi connectivity index (χ0n) is 15.2. The second-order valence-electron chi connectivity index (χ2n) is 5.75. The van der Waals surface area contributed by atoms with Crippen molar-refractivity contribution in [3.63, 3.8) is 0 Å². The summed E-state index contributed by atoms with van der Waals surface area (Å²) in [6, 6.07) is 7.73. The van der Waals surface area contributed by atoms with Gasteiger partial charge >= 0.3 is 12.0 Å². The molecule has 2 heterocycles. The molecule has 1 aliphatic rings. The van der Waals surface area contributed by atoms with E-state index >= 15 is 0 Å². The van der Waals surface area contributed by atoms with Gasteiger partial charge in [-0.1, -0.05) is 15.9 Å². The number of methoxy groups -OCH3 is 1. The molecule has 0 spiro atoms. The molecular weight excluding hydrogens is 432 g/mol. The number of amides is 3. The molecule has 3 rings (SSSR count). The highest BCUT2D eigenvalue weighted by Gasteiger charge is 2.34. The summed E-state index contributed by atoms with van der Waals surface area (Å²) in [5.41, 5.74) is 0.761. The van der Waals surface area contributed by atoms with Crippen LogP contribution in [-0.2, 0) is 16.1 Å². The lowest BCUT2D eigenvalue weighted by molar-refractivity contribution is -0.123. The molecule has 28 heavy (non-hydrogen) atoms. The molecule has 3 amide bonds. The minimum absolute atomic E-state index is 0.00388. The number of carbonyl (C=O) groups excluding carboxylic acids is 3. The molecule has 1 aromatic carbocycles. The fraction of sp³-hybridized carbons (Fsp3) is 0.211. The number of furan rings is 1. The van der Waals surface area contributed by atoms with Crippen LogP contribution in [0.1, 0.15) is 28.8 Å². The third kappa shape index (κ3) is 4.09. The second kappa shape index (κ2) is 8.30. The van der Waals surface area contributed by atoms with Crippen LogP contribution in [0.2, 0.25) is 0 Å². The first kappa shape index (κ1) is 19.7. The monoisotopic (exact) mass is 448 g/mol. The summed E-state index contributed by atoms with van der Waals surface area (Å²) in [6.45, 7) is 2.20. The number of rotatable bonds is 6. The lowest BCUT2D eigenvalue weighted by Gasteiger charge is -2.09. The van der Waals surface area contributed by atoms with E-state index < -0.39 is 17.9 Å². The Balaban J connectivity index is 1.82. The van der Waals surface area contributed by atoms with Gasteiger partial charge in [-0.15, -0.1) is 0 Å². The number of halogens is 1. The van der Waals surface area contributed by atoms with Crippen LogP contribution in [0.4, 0.5) is 4.79 Å². The minimum Gasteiger partial charge on any atom is -0.493 e. The Kier molecular flexibility index (Phi) is 5.84. The molecule has 1 saturated heterocycles.